The number of fused-ring (bicyclic) bond motifs is 1. The summed E-state index contributed by atoms with van der Waals surface area (Å²) in [4.78, 5) is 26.4. The molecular formula is C22H24N2O4. The molecule has 1 fully saturated rings. The second-order valence-corrected chi connectivity index (χ2v) is 7.53. The highest BCUT2D eigenvalue weighted by molar-refractivity contribution is 5.96. The van der Waals surface area contributed by atoms with Gasteiger partial charge < -0.3 is 19.7 Å². The normalized spacial score (nSPS) is 19.6. The van der Waals surface area contributed by atoms with Crippen LogP contribution in [0.15, 0.2) is 42.5 Å². The fourth-order valence-corrected chi connectivity index (χ4v) is 3.37. The summed E-state index contributed by atoms with van der Waals surface area (Å²) in [7, 11) is 1.77. The Morgan fingerprint density at radius 3 is 2.43 bits per heavy atom. The van der Waals surface area contributed by atoms with Gasteiger partial charge in [-0.15, -0.1) is 0 Å². The maximum absolute atomic E-state index is 12.7. The second kappa shape index (κ2) is 7.54. The molecule has 6 nitrogen and oxygen atoms in total. The van der Waals surface area contributed by atoms with E-state index in [9.17, 15) is 9.59 Å². The Hall–Kier alpha value is -3.02. The van der Waals surface area contributed by atoms with Crippen LogP contribution in [0.2, 0.25) is 0 Å². The molecule has 1 saturated carbocycles. The fourth-order valence-electron chi connectivity index (χ4n) is 3.37. The molecule has 1 heterocycles. The van der Waals surface area contributed by atoms with E-state index in [4.69, 9.17) is 9.47 Å². The molecule has 2 aromatic carbocycles. The van der Waals surface area contributed by atoms with Crippen molar-refractivity contribution in [1.82, 2.24) is 4.90 Å². The lowest BCUT2D eigenvalue weighted by Crippen LogP contribution is -2.26. The largest absolute Gasteiger partial charge is 0.486 e. The maximum Gasteiger partial charge on any atom is 0.253 e. The van der Waals surface area contributed by atoms with Crippen LogP contribution in [0.3, 0.4) is 0 Å². The molecule has 0 spiro atoms. The molecule has 0 aromatic heterocycles. The van der Waals surface area contributed by atoms with Crippen LogP contribution in [0.5, 0.6) is 11.5 Å². The van der Waals surface area contributed by atoms with E-state index in [1.165, 1.54) is 0 Å². The van der Waals surface area contributed by atoms with E-state index in [-0.39, 0.29) is 17.7 Å². The predicted octanol–water partition coefficient (Wildman–Crippen LogP) is 3.32. The number of carbonyl (C=O) groups is 2. The highest BCUT2D eigenvalue weighted by atomic mass is 16.6. The molecule has 6 heteroatoms. The smallest absolute Gasteiger partial charge is 0.253 e. The number of rotatable bonds is 5. The van der Waals surface area contributed by atoms with E-state index >= 15 is 0 Å². The molecule has 2 aromatic rings. The summed E-state index contributed by atoms with van der Waals surface area (Å²) in [5.74, 6) is 2.02. The molecule has 1 aliphatic heterocycles. The van der Waals surface area contributed by atoms with Gasteiger partial charge in [0, 0.05) is 30.8 Å². The van der Waals surface area contributed by atoms with Gasteiger partial charge in [-0.1, -0.05) is 13.0 Å². The molecule has 0 radical (unpaired) electrons. The average molecular weight is 380 g/mol. The first-order chi connectivity index (χ1) is 13.5. The quantitative estimate of drug-likeness (QED) is 0.864. The first-order valence-corrected chi connectivity index (χ1v) is 9.56. The van der Waals surface area contributed by atoms with Gasteiger partial charge in [-0.2, -0.15) is 0 Å². The molecule has 28 heavy (non-hydrogen) atoms. The van der Waals surface area contributed by atoms with E-state index in [2.05, 4.69) is 12.2 Å². The third-order valence-corrected chi connectivity index (χ3v) is 5.22. The highest BCUT2D eigenvalue weighted by Crippen LogP contribution is 2.38. The molecule has 0 bridgehead atoms. The zero-order valence-corrected chi connectivity index (χ0v) is 16.1. The molecule has 1 aliphatic carbocycles. The Labute approximate surface area is 164 Å². The van der Waals surface area contributed by atoms with Gasteiger partial charge >= 0.3 is 0 Å². The van der Waals surface area contributed by atoms with Crippen molar-refractivity contribution in [2.24, 2.45) is 11.8 Å². The van der Waals surface area contributed by atoms with E-state index in [1.807, 2.05) is 18.2 Å². The molecule has 1 N–H and O–H groups in total. The summed E-state index contributed by atoms with van der Waals surface area (Å²) >= 11 is 0. The Morgan fingerprint density at radius 1 is 1.07 bits per heavy atom. The third kappa shape index (κ3) is 3.96. The van der Waals surface area contributed by atoms with Gasteiger partial charge in [-0.05, 0) is 54.3 Å². The second-order valence-electron chi connectivity index (χ2n) is 7.53. The monoisotopic (exact) mass is 380 g/mol. The summed E-state index contributed by atoms with van der Waals surface area (Å²) in [5.41, 5.74) is 2.27. The fraction of sp³-hybridized carbons (Fsp3) is 0.364. The van der Waals surface area contributed by atoms with Crippen molar-refractivity contribution in [2.75, 3.05) is 25.6 Å². The Morgan fingerprint density at radius 2 is 1.75 bits per heavy atom. The van der Waals surface area contributed by atoms with E-state index in [0.717, 1.165) is 29.2 Å². The van der Waals surface area contributed by atoms with Crippen LogP contribution in [0.1, 0.15) is 29.3 Å². The predicted molar refractivity (Wildman–Crippen MR) is 106 cm³/mol. The topological polar surface area (TPSA) is 67.9 Å². The van der Waals surface area contributed by atoms with Crippen LogP contribution in [0.25, 0.3) is 0 Å². The minimum atomic E-state index is -0.0800. The zero-order valence-electron chi connectivity index (χ0n) is 16.1. The molecule has 0 saturated heterocycles. The van der Waals surface area contributed by atoms with Crippen LogP contribution in [0, 0.1) is 11.8 Å². The summed E-state index contributed by atoms with van der Waals surface area (Å²) in [6, 6.07) is 12.8. The zero-order chi connectivity index (χ0) is 19.7. The summed E-state index contributed by atoms with van der Waals surface area (Å²) < 4.78 is 11.1. The van der Waals surface area contributed by atoms with Gasteiger partial charge in [-0.3, -0.25) is 9.59 Å². The Balaban J connectivity index is 1.37. The van der Waals surface area contributed by atoms with Crippen LogP contribution < -0.4 is 14.8 Å². The number of carbonyl (C=O) groups excluding carboxylic acids is 2. The SMILES string of the molecule is CC1CC1C(=O)Nc1ccc(C(=O)N(C)Cc2ccc3c(c2)OCCO3)cc1. The lowest BCUT2D eigenvalue weighted by atomic mass is 10.1. The van der Waals surface area contributed by atoms with Gasteiger partial charge in [0.2, 0.25) is 5.91 Å². The number of ether oxygens (including phenoxy) is 2. The number of nitrogens with zero attached hydrogens (tertiary/aromatic N) is 1. The average Bonchev–Trinajstić information content (AvgIpc) is 3.45. The van der Waals surface area contributed by atoms with E-state index in [1.54, 1.807) is 36.2 Å². The summed E-state index contributed by atoms with van der Waals surface area (Å²) in [5, 5.41) is 2.91. The first kappa shape index (κ1) is 18.3. The minimum Gasteiger partial charge on any atom is -0.486 e. The van der Waals surface area contributed by atoms with Crippen LogP contribution >= 0.6 is 0 Å². The molecular weight excluding hydrogens is 356 g/mol. The highest BCUT2D eigenvalue weighted by Gasteiger charge is 2.39. The molecule has 2 unspecified atom stereocenters. The van der Waals surface area contributed by atoms with Crippen molar-refractivity contribution in [3.05, 3.63) is 53.6 Å². The van der Waals surface area contributed by atoms with Crippen LogP contribution in [-0.4, -0.2) is 37.0 Å². The van der Waals surface area contributed by atoms with Crippen molar-refractivity contribution < 1.29 is 19.1 Å². The maximum atomic E-state index is 12.7. The number of anilines is 1. The van der Waals surface area contributed by atoms with Crippen molar-refractivity contribution in [3.63, 3.8) is 0 Å². The van der Waals surface area contributed by atoms with Crippen molar-refractivity contribution in [2.45, 2.75) is 19.9 Å². The number of hydrogen-bond donors (Lipinski definition) is 1. The van der Waals surface area contributed by atoms with Gasteiger partial charge in [0.25, 0.3) is 5.91 Å². The Kier molecular flexibility index (Phi) is 4.94. The lowest BCUT2D eigenvalue weighted by Gasteiger charge is -2.21. The summed E-state index contributed by atoms with van der Waals surface area (Å²) in [6.07, 6.45) is 0.951. The Bertz CT molecular complexity index is 894. The minimum absolute atomic E-state index is 0.0577. The lowest BCUT2D eigenvalue weighted by molar-refractivity contribution is -0.117. The molecule has 146 valence electrons. The first-order valence-electron chi connectivity index (χ1n) is 9.56. The molecule has 2 aliphatic rings. The molecule has 2 amide bonds. The van der Waals surface area contributed by atoms with Crippen LogP contribution in [-0.2, 0) is 11.3 Å². The van der Waals surface area contributed by atoms with Crippen molar-refractivity contribution >= 4 is 17.5 Å². The standard InChI is InChI=1S/C22H24N2O4/c1-14-11-18(14)21(25)23-17-6-4-16(5-7-17)22(26)24(2)13-15-3-8-19-20(12-15)28-10-9-27-19/h3-8,12,14,18H,9-11,13H2,1-2H3,(H,23,25). The number of benzene rings is 2. The van der Waals surface area contributed by atoms with Gasteiger partial charge in [-0.25, -0.2) is 0 Å². The molecule has 4 rings (SSSR count). The van der Waals surface area contributed by atoms with Gasteiger partial charge in [0.15, 0.2) is 11.5 Å². The third-order valence-electron chi connectivity index (χ3n) is 5.22. The van der Waals surface area contributed by atoms with Crippen molar-refractivity contribution in [1.29, 1.82) is 0 Å². The van der Waals surface area contributed by atoms with Crippen molar-refractivity contribution in [3.8, 4) is 11.5 Å². The van der Waals surface area contributed by atoms with E-state index in [0.29, 0.717) is 31.2 Å². The van der Waals surface area contributed by atoms with Gasteiger partial charge in [0.1, 0.15) is 13.2 Å². The number of amides is 2. The number of nitrogens with one attached hydrogen (secondary N) is 1. The molecule has 2 atom stereocenters. The number of hydrogen-bond acceptors (Lipinski definition) is 4. The van der Waals surface area contributed by atoms with Crippen LogP contribution in [0.4, 0.5) is 5.69 Å². The van der Waals surface area contributed by atoms with Gasteiger partial charge in [0.05, 0.1) is 0 Å². The summed E-state index contributed by atoms with van der Waals surface area (Å²) in [6.45, 7) is 3.63. The van der Waals surface area contributed by atoms with E-state index < -0.39 is 0 Å².